The van der Waals surface area contributed by atoms with Gasteiger partial charge in [0.05, 0.1) is 31.3 Å². The van der Waals surface area contributed by atoms with Crippen LogP contribution in [0, 0.1) is 0 Å². The molecule has 6 heteroatoms. The molecule has 0 aliphatic carbocycles. The number of anilines is 2. The van der Waals surface area contributed by atoms with Gasteiger partial charge in [-0.3, -0.25) is 4.90 Å². The molecule has 0 spiro atoms. The van der Waals surface area contributed by atoms with Gasteiger partial charge < -0.3 is 14.2 Å². The lowest BCUT2D eigenvalue weighted by Crippen LogP contribution is -2.35. The van der Waals surface area contributed by atoms with Gasteiger partial charge in [0.15, 0.2) is 0 Å². The van der Waals surface area contributed by atoms with E-state index in [-0.39, 0.29) is 0 Å². The van der Waals surface area contributed by atoms with Crippen LogP contribution in [0.25, 0.3) is 11.0 Å². The third-order valence-electron chi connectivity index (χ3n) is 5.34. The van der Waals surface area contributed by atoms with Gasteiger partial charge in [0.2, 0.25) is 0 Å². The number of nitrogens with zero attached hydrogens (tertiary/aromatic N) is 5. The largest absolute Gasteiger partial charge is 0.379 e. The lowest BCUT2D eigenvalue weighted by Gasteiger charge is -2.27. The first-order valence-electron chi connectivity index (χ1n) is 9.58. The summed E-state index contributed by atoms with van der Waals surface area (Å²) in [5.41, 5.74) is 5.92. The zero-order valence-corrected chi connectivity index (χ0v) is 16.4. The molecule has 1 aliphatic heterocycles. The summed E-state index contributed by atoms with van der Waals surface area (Å²) >= 11 is 0. The van der Waals surface area contributed by atoms with Crippen LogP contribution in [0.3, 0.4) is 0 Å². The molecule has 0 atom stereocenters. The number of aryl methyl sites for hydroxylation is 2. The molecule has 0 unspecified atom stereocenters. The van der Waals surface area contributed by atoms with Crippen molar-refractivity contribution in [2.75, 3.05) is 38.3 Å². The fourth-order valence-corrected chi connectivity index (χ4v) is 3.69. The molecule has 6 nitrogen and oxygen atoms in total. The predicted molar refractivity (Wildman–Crippen MR) is 108 cm³/mol. The topological polar surface area (TPSA) is 46.4 Å². The van der Waals surface area contributed by atoms with E-state index in [2.05, 4.69) is 58.0 Å². The normalized spacial score (nSPS) is 15.4. The lowest BCUT2D eigenvalue weighted by molar-refractivity contribution is 0.0342. The van der Waals surface area contributed by atoms with Crippen LogP contribution >= 0.6 is 0 Å². The summed E-state index contributed by atoms with van der Waals surface area (Å²) in [6.45, 7) is 6.89. The Balaban J connectivity index is 1.60. The number of imidazole rings is 1. The maximum absolute atomic E-state index is 5.45. The molecule has 3 heterocycles. The number of hydrogen-bond acceptors (Lipinski definition) is 5. The van der Waals surface area contributed by atoms with Crippen LogP contribution < -0.4 is 4.90 Å². The third-order valence-corrected chi connectivity index (χ3v) is 5.34. The van der Waals surface area contributed by atoms with Gasteiger partial charge >= 0.3 is 0 Å². The molecule has 1 aliphatic rings. The van der Waals surface area contributed by atoms with Crippen LogP contribution in [0.15, 0.2) is 36.8 Å². The van der Waals surface area contributed by atoms with Gasteiger partial charge in [-0.05, 0) is 23.6 Å². The summed E-state index contributed by atoms with van der Waals surface area (Å²) in [6, 6.07) is 8.90. The van der Waals surface area contributed by atoms with Crippen molar-refractivity contribution in [2.45, 2.75) is 19.9 Å². The molecule has 4 rings (SSSR count). The van der Waals surface area contributed by atoms with Crippen LogP contribution in [0.5, 0.6) is 0 Å². The molecule has 1 saturated heterocycles. The first-order chi connectivity index (χ1) is 13.2. The van der Waals surface area contributed by atoms with Crippen molar-refractivity contribution in [3.63, 3.8) is 0 Å². The van der Waals surface area contributed by atoms with E-state index in [1.165, 1.54) is 16.8 Å². The Hall–Kier alpha value is -2.44. The molecule has 0 saturated carbocycles. The quantitative estimate of drug-likeness (QED) is 0.695. The van der Waals surface area contributed by atoms with Crippen LogP contribution in [-0.4, -0.2) is 52.8 Å². The summed E-state index contributed by atoms with van der Waals surface area (Å²) in [5, 5.41) is 0. The third kappa shape index (κ3) is 3.68. The molecular weight excluding hydrogens is 338 g/mol. The van der Waals surface area contributed by atoms with Crippen LogP contribution in [0.1, 0.15) is 18.1 Å². The van der Waals surface area contributed by atoms with Crippen molar-refractivity contribution in [1.29, 1.82) is 0 Å². The molecule has 142 valence electrons. The van der Waals surface area contributed by atoms with Crippen molar-refractivity contribution in [3.8, 4) is 0 Å². The zero-order valence-electron chi connectivity index (χ0n) is 16.4. The smallest absolute Gasteiger partial charge is 0.134 e. The number of fused-ring (bicyclic) bond motifs is 1. The summed E-state index contributed by atoms with van der Waals surface area (Å²) in [6.07, 6.45) is 4.66. The van der Waals surface area contributed by atoms with E-state index < -0.39 is 0 Å². The van der Waals surface area contributed by atoms with Gasteiger partial charge in [0.1, 0.15) is 11.3 Å². The van der Waals surface area contributed by atoms with Crippen molar-refractivity contribution in [3.05, 3.63) is 47.9 Å². The Morgan fingerprint density at radius 1 is 1.15 bits per heavy atom. The molecule has 1 fully saturated rings. The van der Waals surface area contributed by atoms with Crippen LogP contribution in [0.4, 0.5) is 11.5 Å². The van der Waals surface area contributed by atoms with E-state index in [9.17, 15) is 0 Å². The lowest BCUT2D eigenvalue weighted by atomic mass is 10.0. The average Bonchev–Trinajstić information content (AvgIpc) is 3.08. The highest BCUT2D eigenvalue weighted by molar-refractivity contribution is 5.79. The highest BCUT2D eigenvalue weighted by Crippen LogP contribution is 2.29. The van der Waals surface area contributed by atoms with Crippen LogP contribution in [-0.2, 0) is 24.8 Å². The standard InChI is InChI=1S/C21H27N5O/c1-4-17-11-16(14-26-7-9-27-10-8-26)5-6-19(17)25(3)21-12-20-18(13-22-21)23-15-24(20)2/h5-6,11-13,15H,4,7-10,14H2,1-3H3. The molecule has 0 amide bonds. The van der Waals surface area contributed by atoms with Crippen LogP contribution in [0.2, 0.25) is 0 Å². The van der Waals surface area contributed by atoms with Crippen molar-refractivity contribution in [2.24, 2.45) is 7.05 Å². The number of pyridine rings is 1. The Bertz CT molecular complexity index is 929. The summed E-state index contributed by atoms with van der Waals surface area (Å²) in [5.74, 6) is 0.932. The molecule has 0 bridgehead atoms. The minimum atomic E-state index is 0.837. The van der Waals surface area contributed by atoms with Gasteiger partial charge in [-0.15, -0.1) is 0 Å². The highest BCUT2D eigenvalue weighted by atomic mass is 16.5. The van der Waals surface area contributed by atoms with Crippen molar-refractivity contribution < 1.29 is 4.74 Å². The van der Waals surface area contributed by atoms with E-state index in [0.29, 0.717) is 0 Å². The number of benzene rings is 1. The summed E-state index contributed by atoms with van der Waals surface area (Å²) < 4.78 is 7.48. The molecule has 0 radical (unpaired) electrons. The van der Waals surface area contributed by atoms with E-state index in [1.54, 1.807) is 0 Å². The second-order valence-corrected chi connectivity index (χ2v) is 7.15. The SMILES string of the molecule is CCc1cc(CN2CCOCC2)ccc1N(C)c1cc2c(cn1)ncn2C. The first kappa shape index (κ1) is 17.9. The number of rotatable bonds is 5. The summed E-state index contributed by atoms with van der Waals surface area (Å²) in [4.78, 5) is 13.6. The maximum atomic E-state index is 5.45. The molecule has 27 heavy (non-hydrogen) atoms. The van der Waals surface area contributed by atoms with E-state index in [0.717, 1.165) is 56.1 Å². The Labute approximate surface area is 160 Å². The van der Waals surface area contributed by atoms with Crippen molar-refractivity contribution in [1.82, 2.24) is 19.4 Å². The molecule has 3 aromatic rings. The zero-order chi connectivity index (χ0) is 18.8. The first-order valence-corrected chi connectivity index (χ1v) is 9.58. The number of ether oxygens (including phenoxy) is 1. The van der Waals surface area contributed by atoms with Crippen molar-refractivity contribution >= 4 is 22.5 Å². The molecule has 1 aromatic carbocycles. The molecular formula is C21H27N5O. The van der Waals surface area contributed by atoms with E-state index in [4.69, 9.17) is 4.74 Å². The highest BCUT2D eigenvalue weighted by Gasteiger charge is 2.15. The summed E-state index contributed by atoms with van der Waals surface area (Å²) in [7, 11) is 4.09. The molecule has 0 N–H and O–H groups in total. The second kappa shape index (κ2) is 7.66. The predicted octanol–water partition coefficient (Wildman–Crippen LogP) is 3.13. The Morgan fingerprint density at radius 2 is 1.96 bits per heavy atom. The monoisotopic (exact) mass is 365 g/mol. The Morgan fingerprint density at radius 3 is 2.74 bits per heavy atom. The number of hydrogen-bond donors (Lipinski definition) is 0. The number of aromatic nitrogens is 3. The molecule has 2 aromatic heterocycles. The Kier molecular flexibility index (Phi) is 5.09. The van der Waals surface area contributed by atoms with E-state index in [1.807, 2.05) is 24.1 Å². The average molecular weight is 365 g/mol. The van der Waals surface area contributed by atoms with Gasteiger partial charge in [-0.2, -0.15) is 0 Å². The minimum absolute atomic E-state index is 0.837. The van der Waals surface area contributed by atoms with Gasteiger partial charge in [-0.25, -0.2) is 9.97 Å². The van der Waals surface area contributed by atoms with E-state index >= 15 is 0 Å². The van der Waals surface area contributed by atoms with Gasteiger partial charge in [0, 0.05) is 45.5 Å². The fourth-order valence-electron chi connectivity index (χ4n) is 3.69. The number of morpholine rings is 1. The fraction of sp³-hybridized carbons (Fsp3) is 0.429. The second-order valence-electron chi connectivity index (χ2n) is 7.15. The van der Waals surface area contributed by atoms with Gasteiger partial charge in [-0.1, -0.05) is 19.1 Å². The van der Waals surface area contributed by atoms with Gasteiger partial charge in [0.25, 0.3) is 0 Å². The maximum Gasteiger partial charge on any atom is 0.134 e. The minimum Gasteiger partial charge on any atom is -0.379 e.